The maximum Gasteiger partial charge on any atom is 0.123 e. The van der Waals surface area contributed by atoms with Crippen molar-refractivity contribution in [2.24, 2.45) is 0 Å². The van der Waals surface area contributed by atoms with Crippen LogP contribution in [0.3, 0.4) is 0 Å². The van der Waals surface area contributed by atoms with Gasteiger partial charge in [0, 0.05) is 28.8 Å². The van der Waals surface area contributed by atoms with Crippen LogP contribution in [-0.4, -0.2) is 15.0 Å². The molecule has 4 heteroatoms. The van der Waals surface area contributed by atoms with Crippen LogP contribution in [0.5, 0.6) is 0 Å². The fraction of sp³-hybridized carbons (Fsp3) is 0.267. The molecule has 3 aromatic rings. The van der Waals surface area contributed by atoms with E-state index in [0.717, 1.165) is 27.3 Å². The van der Waals surface area contributed by atoms with Gasteiger partial charge >= 0.3 is 0 Å². The lowest BCUT2D eigenvalue weighted by molar-refractivity contribution is 0.573. The minimum Gasteiger partial charge on any atom is -0.253 e. The molecule has 1 aromatic carbocycles. The SMILES string of the molecule is CC(C)(C)c1csc(-c2ccc3nccnc3c2)n1. The van der Waals surface area contributed by atoms with Gasteiger partial charge in [-0.25, -0.2) is 4.98 Å². The van der Waals surface area contributed by atoms with Crippen LogP contribution in [-0.2, 0) is 5.41 Å². The van der Waals surface area contributed by atoms with Gasteiger partial charge in [-0.1, -0.05) is 20.8 Å². The van der Waals surface area contributed by atoms with Crippen molar-refractivity contribution in [1.82, 2.24) is 15.0 Å². The highest BCUT2D eigenvalue weighted by Gasteiger charge is 2.18. The number of fused-ring (bicyclic) bond motifs is 1. The summed E-state index contributed by atoms with van der Waals surface area (Å²) in [5, 5.41) is 3.17. The van der Waals surface area contributed by atoms with E-state index in [-0.39, 0.29) is 5.41 Å². The van der Waals surface area contributed by atoms with Gasteiger partial charge in [-0.05, 0) is 18.2 Å². The monoisotopic (exact) mass is 269 g/mol. The predicted octanol–water partition coefficient (Wildman–Crippen LogP) is 4.05. The van der Waals surface area contributed by atoms with Crippen molar-refractivity contribution in [2.75, 3.05) is 0 Å². The number of hydrogen-bond acceptors (Lipinski definition) is 4. The molecule has 0 saturated carbocycles. The van der Waals surface area contributed by atoms with Crippen LogP contribution in [0.2, 0.25) is 0 Å². The molecule has 0 N–H and O–H groups in total. The molecule has 0 atom stereocenters. The second kappa shape index (κ2) is 4.38. The van der Waals surface area contributed by atoms with Crippen molar-refractivity contribution in [1.29, 1.82) is 0 Å². The average Bonchev–Trinajstić information content (AvgIpc) is 2.87. The van der Waals surface area contributed by atoms with E-state index >= 15 is 0 Å². The van der Waals surface area contributed by atoms with Crippen LogP contribution in [0, 0.1) is 0 Å². The van der Waals surface area contributed by atoms with Crippen molar-refractivity contribution in [3.63, 3.8) is 0 Å². The largest absolute Gasteiger partial charge is 0.253 e. The maximum absolute atomic E-state index is 4.73. The van der Waals surface area contributed by atoms with Crippen molar-refractivity contribution in [3.8, 4) is 10.6 Å². The van der Waals surface area contributed by atoms with Crippen LogP contribution < -0.4 is 0 Å². The van der Waals surface area contributed by atoms with Crippen molar-refractivity contribution in [2.45, 2.75) is 26.2 Å². The Hall–Kier alpha value is -1.81. The second-order valence-corrected chi connectivity index (χ2v) is 6.41. The Bertz CT molecular complexity index is 725. The van der Waals surface area contributed by atoms with E-state index in [9.17, 15) is 0 Å². The number of thiazole rings is 1. The van der Waals surface area contributed by atoms with Crippen LogP contribution in [0.15, 0.2) is 36.0 Å². The number of nitrogens with zero attached hydrogens (tertiary/aromatic N) is 3. The molecule has 3 nitrogen and oxygen atoms in total. The van der Waals surface area contributed by atoms with E-state index < -0.39 is 0 Å². The fourth-order valence-corrected chi connectivity index (χ4v) is 2.89. The Morgan fingerprint density at radius 2 is 1.74 bits per heavy atom. The molecule has 19 heavy (non-hydrogen) atoms. The zero-order valence-corrected chi connectivity index (χ0v) is 12.0. The first-order valence-electron chi connectivity index (χ1n) is 6.21. The summed E-state index contributed by atoms with van der Waals surface area (Å²) in [6, 6.07) is 6.10. The minimum absolute atomic E-state index is 0.0887. The zero-order valence-electron chi connectivity index (χ0n) is 11.2. The van der Waals surface area contributed by atoms with Gasteiger partial charge in [0.15, 0.2) is 0 Å². The quantitative estimate of drug-likeness (QED) is 0.669. The van der Waals surface area contributed by atoms with Gasteiger partial charge in [-0.2, -0.15) is 0 Å². The standard InChI is InChI=1S/C15H15N3S/c1-15(2,3)13-9-19-14(18-13)10-4-5-11-12(8-10)17-7-6-16-11/h4-9H,1-3H3. The number of rotatable bonds is 1. The molecule has 2 aromatic heterocycles. The summed E-state index contributed by atoms with van der Waals surface area (Å²) in [5.41, 5.74) is 4.15. The van der Waals surface area contributed by atoms with Crippen LogP contribution in [0.1, 0.15) is 26.5 Å². The first kappa shape index (κ1) is 12.2. The molecule has 2 heterocycles. The molecule has 3 rings (SSSR count). The van der Waals surface area contributed by atoms with Gasteiger partial charge in [0.25, 0.3) is 0 Å². The van der Waals surface area contributed by atoms with Crippen molar-refractivity contribution < 1.29 is 0 Å². The first-order valence-corrected chi connectivity index (χ1v) is 7.09. The highest BCUT2D eigenvalue weighted by atomic mass is 32.1. The molecule has 0 radical (unpaired) electrons. The molecule has 0 aliphatic heterocycles. The molecule has 0 amide bonds. The predicted molar refractivity (Wildman–Crippen MR) is 79.3 cm³/mol. The molecule has 0 aliphatic carbocycles. The normalized spacial score (nSPS) is 11.9. The third-order valence-electron chi connectivity index (χ3n) is 2.99. The van der Waals surface area contributed by atoms with E-state index in [4.69, 9.17) is 4.98 Å². The molecule has 0 fully saturated rings. The Labute approximate surface area is 116 Å². The average molecular weight is 269 g/mol. The van der Waals surface area contributed by atoms with Crippen LogP contribution in [0.25, 0.3) is 21.6 Å². The summed E-state index contributed by atoms with van der Waals surface area (Å²) < 4.78 is 0. The van der Waals surface area contributed by atoms with Crippen LogP contribution in [0.4, 0.5) is 0 Å². The third-order valence-corrected chi connectivity index (χ3v) is 3.88. The van der Waals surface area contributed by atoms with Gasteiger partial charge < -0.3 is 0 Å². The lowest BCUT2D eigenvalue weighted by Crippen LogP contribution is -2.11. The summed E-state index contributed by atoms with van der Waals surface area (Å²) in [7, 11) is 0. The Morgan fingerprint density at radius 1 is 1.00 bits per heavy atom. The minimum atomic E-state index is 0.0887. The number of aromatic nitrogens is 3. The van der Waals surface area contributed by atoms with E-state index in [1.807, 2.05) is 12.1 Å². The fourth-order valence-electron chi connectivity index (χ4n) is 1.85. The molecule has 0 saturated heterocycles. The summed E-state index contributed by atoms with van der Waals surface area (Å²) in [5.74, 6) is 0. The van der Waals surface area contributed by atoms with Gasteiger partial charge in [-0.3, -0.25) is 9.97 Å². The molecule has 0 spiro atoms. The topological polar surface area (TPSA) is 38.7 Å². The van der Waals surface area contributed by atoms with Crippen LogP contribution >= 0.6 is 11.3 Å². The molecule has 0 aliphatic rings. The Morgan fingerprint density at radius 3 is 2.42 bits per heavy atom. The summed E-state index contributed by atoms with van der Waals surface area (Å²) in [4.78, 5) is 13.3. The van der Waals surface area contributed by atoms with Crippen molar-refractivity contribution in [3.05, 3.63) is 41.7 Å². The van der Waals surface area contributed by atoms with Gasteiger partial charge in [0.05, 0.1) is 16.7 Å². The summed E-state index contributed by atoms with van der Waals surface area (Å²) in [6.45, 7) is 6.53. The van der Waals surface area contributed by atoms with E-state index in [1.165, 1.54) is 0 Å². The lowest BCUT2D eigenvalue weighted by Gasteiger charge is -2.14. The Balaban J connectivity index is 2.07. The number of benzene rings is 1. The van der Waals surface area contributed by atoms with Gasteiger partial charge in [-0.15, -0.1) is 11.3 Å². The van der Waals surface area contributed by atoms with Gasteiger partial charge in [0.2, 0.25) is 0 Å². The molecule has 0 bridgehead atoms. The smallest absolute Gasteiger partial charge is 0.123 e. The van der Waals surface area contributed by atoms with E-state index in [1.54, 1.807) is 23.7 Å². The summed E-state index contributed by atoms with van der Waals surface area (Å²) in [6.07, 6.45) is 3.43. The van der Waals surface area contributed by atoms with Crippen molar-refractivity contribution >= 4 is 22.4 Å². The first-order chi connectivity index (χ1) is 9.04. The van der Waals surface area contributed by atoms with Gasteiger partial charge in [0.1, 0.15) is 5.01 Å². The highest BCUT2D eigenvalue weighted by molar-refractivity contribution is 7.13. The Kier molecular flexibility index (Phi) is 2.82. The lowest BCUT2D eigenvalue weighted by atomic mass is 9.93. The zero-order chi connectivity index (χ0) is 13.5. The maximum atomic E-state index is 4.73. The number of hydrogen-bond donors (Lipinski definition) is 0. The molecular weight excluding hydrogens is 254 g/mol. The third kappa shape index (κ3) is 2.36. The summed E-state index contributed by atoms with van der Waals surface area (Å²) >= 11 is 1.68. The molecule has 96 valence electrons. The molecular formula is C15H15N3S. The highest BCUT2D eigenvalue weighted by Crippen LogP contribution is 2.30. The molecule has 0 unspecified atom stereocenters. The van der Waals surface area contributed by atoms with E-state index in [0.29, 0.717) is 0 Å². The second-order valence-electron chi connectivity index (χ2n) is 5.55. The van der Waals surface area contributed by atoms with E-state index in [2.05, 4.69) is 42.2 Å².